The third kappa shape index (κ3) is 3.39. The average Bonchev–Trinajstić information content (AvgIpc) is 2.91. The summed E-state index contributed by atoms with van der Waals surface area (Å²) in [4.78, 5) is 12.1. The van der Waals surface area contributed by atoms with Crippen molar-refractivity contribution in [2.75, 3.05) is 18.1 Å². The molecule has 1 atom stereocenters. The number of amides is 1. The quantitative estimate of drug-likeness (QED) is 0.870. The highest BCUT2D eigenvalue weighted by Gasteiger charge is 2.28. The number of hydrogen-bond acceptors (Lipinski definition) is 4. The molecule has 1 aromatic rings. The number of aromatic nitrogens is 2. The lowest BCUT2D eigenvalue weighted by atomic mass is 10.1. The van der Waals surface area contributed by atoms with Gasteiger partial charge in [-0.15, -0.1) is 0 Å². The normalized spacial score (nSPS) is 21.0. The Morgan fingerprint density at radius 1 is 1.55 bits per heavy atom. The highest BCUT2D eigenvalue weighted by atomic mass is 32.2. The van der Waals surface area contributed by atoms with Gasteiger partial charge in [0.2, 0.25) is 0 Å². The summed E-state index contributed by atoms with van der Waals surface area (Å²) >= 11 is 0. The predicted molar refractivity (Wildman–Crippen MR) is 76.3 cm³/mol. The molecule has 7 heteroatoms. The fourth-order valence-electron chi connectivity index (χ4n) is 2.47. The zero-order valence-corrected chi connectivity index (χ0v) is 12.7. The molecule has 1 fully saturated rings. The minimum Gasteiger partial charge on any atom is -0.352 e. The van der Waals surface area contributed by atoms with Gasteiger partial charge in [-0.3, -0.25) is 9.48 Å². The van der Waals surface area contributed by atoms with Crippen LogP contribution in [0.25, 0.3) is 0 Å². The Morgan fingerprint density at radius 3 is 2.90 bits per heavy atom. The number of aryl methyl sites for hydroxylation is 1. The molecule has 2 rings (SSSR count). The number of carbonyl (C=O) groups excluding carboxylic acids is 1. The minimum atomic E-state index is -2.89. The van der Waals surface area contributed by atoms with Gasteiger partial charge in [0.15, 0.2) is 9.84 Å². The molecule has 0 saturated carbocycles. The third-order valence-electron chi connectivity index (χ3n) is 3.66. The maximum Gasteiger partial charge on any atom is 0.254 e. The lowest BCUT2D eigenvalue weighted by Crippen LogP contribution is -2.30. The Hall–Kier alpha value is -1.37. The number of carbonyl (C=O) groups is 1. The van der Waals surface area contributed by atoms with E-state index < -0.39 is 9.84 Å². The van der Waals surface area contributed by atoms with E-state index in [0.717, 1.165) is 18.7 Å². The van der Waals surface area contributed by atoms with Gasteiger partial charge in [-0.2, -0.15) is 5.10 Å². The van der Waals surface area contributed by atoms with E-state index in [0.29, 0.717) is 18.5 Å². The number of hydrogen-bond donors (Lipinski definition) is 1. The molecule has 0 bridgehead atoms. The van der Waals surface area contributed by atoms with E-state index in [1.165, 1.54) is 0 Å². The molecule has 1 aliphatic rings. The second-order valence-electron chi connectivity index (χ2n) is 5.35. The Bertz CT molecular complexity index is 592. The van der Waals surface area contributed by atoms with Crippen molar-refractivity contribution >= 4 is 15.7 Å². The summed E-state index contributed by atoms with van der Waals surface area (Å²) < 4.78 is 24.5. The SMILES string of the molecule is CCCn1ncc(C(=O)NC[C@H]2CCS(=O)(=O)C2)c1C. The van der Waals surface area contributed by atoms with Gasteiger partial charge in [-0.05, 0) is 25.7 Å². The lowest BCUT2D eigenvalue weighted by molar-refractivity contribution is 0.0947. The van der Waals surface area contributed by atoms with Crippen LogP contribution in [0, 0.1) is 12.8 Å². The first kappa shape index (κ1) is 15.0. The first-order valence-electron chi connectivity index (χ1n) is 6.94. The Kier molecular flexibility index (Phi) is 4.47. The second kappa shape index (κ2) is 5.95. The largest absolute Gasteiger partial charge is 0.352 e. The highest BCUT2D eigenvalue weighted by molar-refractivity contribution is 7.91. The van der Waals surface area contributed by atoms with Gasteiger partial charge in [0.25, 0.3) is 5.91 Å². The fraction of sp³-hybridized carbons (Fsp3) is 0.692. The van der Waals surface area contributed by atoms with Gasteiger partial charge in [-0.25, -0.2) is 8.42 Å². The molecule has 1 amide bonds. The molecule has 0 radical (unpaired) electrons. The molecule has 0 aromatic carbocycles. The summed E-state index contributed by atoms with van der Waals surface area (Å²) in [5, 5.41) is 7.01. The summed E-state index contributed by atoms with van der Waals surface area (Å²) in [6.45, 7) is 5.13. The molecule has 0 aliphatic carbocycles. The van der Waals surface area contributed by atoms with Crippen LogP contribution < -0.4 is 5.32 Å². The molecule has 20 heavy (non-hydrogen) atoms. The standard InChI is InChI=1S/C13H21N3O3S/c1-3-5-16-10(2)12(8-15-16)13(17)14-7-11-4-6-20(18,19)9-11/h8,11H,3-7,9H2,1-2H3,(H,14,17)/t11-/m1/s1. The van der Waals surface area contributed by atoms with E-state index in [4.69, 9.17) is 0 Å². The number of nitrogens with one attached hydrogen (secondary N) is 1. The van der Waals surface area contributed by atoms with Crippen LogP contribution in [-0.2, 0) is 16.4 Å². The Morgan fingerprint density at radius 2 is 2.30 bits per heavy atom. The van der Waals surface area contributed by atoms with Crippen LogP contribution in [0.3, 0.4) is 0 Å². The molecule has 6 nitrogen and oxygen atoms in total. The number of nitrogens with zero attached hydrogens (tertiary/aromatic N) is 2. The molecule has 1 N–H and O–H groups in total. The van der Waals surface area contributed by atoms with Gasteiger partial charge in [0.1, 0.15) is 0 Å². The molecule has 1 aliphatic heterocycles. The van der Waals surface area contributed by atoms with Gasteiger partial charge in [0, 0.05) is 18.8 Å². The van der Waals surface area contributed by atoms with Crippen LogP contribution in [-0.4, -0.2) is 42.2 Å². The summed E-state index contributed by atoms with van der Waals surface area (Å²) in [5.74, 6) is 0.284. The fourth-order valence-corrected chi connectivity index (χ4v) is 4.33. The lowest BCUT2D eigenvalue weighted by Gasteiger charge is -2.09. The van der Waals surface area contributed by atoms with Crippen molar-refractivity contribution in [1.29, 1.82) is 0 Å². The van der Waals surface area contributed by atoms with Crippen LogP contribution in [0.5, 0.6) is 0 Å². The Balaban J connectivity index is 1.92. The summed E-state index contributed by atoms with van der Waals surface area (Å²) in [6.07, 6.45) is 3.17. The number of sulfone groups is 1. The van der Waals surface area contributed by atoms with E-state index in [-0.39, 0.29) is 23.3 Å². The Labute approximate surface area is 119 Å². The molecule has 1 aromatic heterocycles. The van der Waals surface area contributed by atoms with Crippen molar-refractivity contribution in [1.82, 2.24) is 15.1 Å². The van der Waals surface area contributed by atoms with Crippen molar-refractivity contribution < 1.29 is 13.2 Å². The van der Waals surface area contributed by atoms with Gasteiger partial charge >= 0.3 is 0 Å². The zero-order valence-electron chi connectivity index (χ0n) is 11.9. The predicted octanol–water partition coefficient (Wildman–Crippen LogP) is 0.766. The molecular weight excluding hydrogens is 278 g/mol. The van der Waals surface area contributed by atoms with E-state index in [2.05, 4.69) is 17.3 Å². The van der Waals surface area contributed by atoms with Gasteiger partial charge in [-0.1, -0.05) is 6.92 Å². The van der Waals surface area contributed by atoms with Crippen LogP contribution in [0.4, 0.5) is 0 Å². The average molecular weight is 299 g/mol. The van der Waals surface area contributed by atoms with Crippen LogP contribution in [0.1, 0.15) is 35.8 Å². The van der Waals surface area contributed by atoms with Crippen LogP contribution >= 0.6 is 0 Å². The minimum absolute atomic E-state index is 0.0370. The molecule has 0 spiro atoms. The zero-order chi connectivity index (χ0) is 14.8. The summed E-state index contributed by atoms with van der Waals surface area (Å²) in [6, 6.07) is 0. The first-order chi connectivity index (χ1) is 9.43. The van der Waals surface area contributed by atoms with Gasteiger partial charge < -0.3 is 5.32 Å². The molecule has 2 heterocycles. The van der Waals surface area contributed by atoms with Gasteiger partial charge in [0.05, 0.1) is 23.3 Å². The first-order valence-corrected chi connectivity index (χ1v) is 8.76. The van der Waals surface area contributed by atoms with Crippen molar-refractivity contribution in [2.45, 2.75) is 33.2 Å². The molecule has 112 valence electrons. The number of rotatable bonds is 5. The van der Waals surface area contributed by atoms with E-state index in [9.17, 15) is 13.2 Å². The highest BCUT2D eigenvalue weighted by Crippen LogP contribution is 2.17. The van der Waals surface area contributed by atoms with Crippen LogP contribution in [0.15, 0.2) is 6.20 Å². The second-order valence-corrected chi connectivity index (χ2v) is 7.57. The summed E-state index contributed by atoms with van der Waals surface area (Å²) in [5.41, 5.74) is 1.42. The topological polar surface area (TPSA) is 81.1 Å². The van der Waals surface area contributed by atoms with E-state index in [1.807, 2.05) is 11.6 Å². The smallest absolute Gasteiger partial charge is 0.254 e. The van der Waals surface area contributed by atoms with E-state index in [1.54, 1.807) is 6.20 Å². The van der Waals surface area contributed by atoms with Crippen molar-refractivity contribution in [2.24, 2.45) is 5.92 Å². The monoisotopic (exact) mass is 299 g/mol. The molecule has 1 saturated heterocycles. The molecular formula is C13H21N3O3S. The third-order valence-corrected chi connectivity index (χ3v) is 5.50. The van der Waals surface area contributed by atoms with Crippen molar-refractivity contribution in [3.63, 3.8) is 0 Å². The maximum atomic E-state index is 12.1. The van der Waals surface area contributed by atoms with Crippen LogP contribution in [0.2, 0.25) is 0 Å². The summed E-state index contributed by atoms with van der Waals surface area (Å²) in [7, 11) is -2.89. The van der Waals surface area contributed by atoms with E-state index >= 15 is 0 Å². The molecule has 0 unspecified atom stereocenters. The maximum absolute atomic E-state index is 12.1. The van der Waals surface area contributed by atoms with Crippen molar-refractivity contribution in [3.8, 4) is 0 Å². The van der Waals surface area contributed by atoms with Crippen molar-refractivity contribution in [3.05, 3.63) is 17.5 Å².